The van der Waals surface area contributed by atoms with E-state index in [-0.39, 0.29) is 0 Å². The van der Waals surface area contributed by atoms with E-state index < -0.39 is 0 Å². The Bertz CT molecular complexity index is 451. The van der Waals surface area contributed by atoms with Gasteiger partial charge in [-0.05, 0) is 57.7 Å². The van der Waals surface area contributed by atoms with Gasteiger partial charge in [0.15, 0.2) is 0 Å². The van der Waals surface area contributed by atoms with Crippen LogP contribution in [0, 0.1) is 6.92 Å². The lowest BCUT2D eigenvalue weighted by Crippen LogP contribution is -1.94. The summed E-state index contributed by atoms with van der Waals surface area (Å²) in [5, 5.41) is 0. The summed E-state index contributed by atoms with van der Waals surface area (Å²) >= 11 is 0. The van der Waals surface area contributed by atoms with Gasteiger partial charge in [-0.15, -0.1) is 0 Å². The lowest BCUT2D eigenvalue weighted by Gasteiger charge is -2.13. The molecule has 0 aromatic heterocycles. The molecule has 0 atom stereocenters. The molecule has 0 heteroatoms. The van der Waals surface area contributed by atoms with Crippen LogP contribution in [0.15, 0.2) is 35.4 Å². The average molecular weight is 228 g/mol. The first-order valence-corrected chi connectivity index (χ1v) is 6.38. The molecule has 1 aromatic carbocycles. The minimum atomic E-state index is 1.09. The fourth-order valence-corrected chi connectivity index (χ4v) is 2.03. The monoisotopic (exact) mass is 228 g/mol. The van der Waals surface area contributed by atoms with Crippen molar-refractivity contribution in [1.82, 2.24) is 0 Å². The molecule has 0 radical (unpaired) electrons. The van der Waals surface area contributed by atoms with Gasteiger partial charge in [0.25, 0.3) is 0 Å². The Kier molecular flexibility index (Phi) is 4.74. The van der Waals surface area contributed by atoms with E-state index in [1.165, 1.54) is 33.4 Å². The minimum Gasteiger partial charge on any atom is -0.0758 e. The molecule has 0 N–H and O–H groups in total. The normalized spacial score (nSPS) is 10.0. The molecule has 0 heterocycles. The van der Waals surface area contributed by atoms with Crippen LogP contribution in [0.2, 0.25) is 0 Å². The predicted octanol–water partition coefficient (Wildman–Crippen LogP) is 5.32. The van der Waals surface area contributed by atoms with Crippen molar-refractivity contribution in [3.8, 4) is 0 Å². The second-order valence-electron chi connectivity index (χ2n) is 5.15. The van der Waals surface area contributed by atoms with E-state index in [2.05, 4.69) is 65.8 Å². The zero-order valence-corrected chi connectivity index (χ0v) is 12.0. The molecule has 1 aromatic rings. The predicted molar refractivity (Wildman–Crippen MR) is 78.3 cm³/mol. The Labute approximate surface area is 106 Å². The zero-order chi connectivity index (χ0) is 13.0. The molecule has 0 saturated heterocycles. The van der Waals surface area contributed by atoms with Crippen LogP contribution in [-0.2, 0) is 6.42 Å². The summed E-state index contributed by atoms with van der Waals surface area (Å²) in [5.41, 5.74) is 8.28. The molecule has 0 bridgehead atoms. The number of hydrogen-bond acceptors (Lipinski definition) is 0. The molecule has 0 aliphatic heterocycles. The zero-order valence-electron chi connectivity index (χ0n) is 12.0. The third-order valence-corrected chi connectivity index (χ3v) is 2.91. The molecule has 17 heavy (non-hydrogen) atoms. The molecule has 1 rings (SSSR count). The Hall–Kier alpha value is -1.30. The maximum absolute atomic E-state index is 2.31. The fourth-order valence-electron chi connectivity index (χ4n) is 2.03. The van der Waals surface area contributed by atoms with Crippen LogP contribution in [0.5, 0.6) is 0 Å². The standard InChI is InChI=1S/C17H24/c1-7-15-9-8-14(6)11-17(15)16(13(4)5)10-12(2)3/h8-11H,7H2,1-6H3. The van der Waals surface area contributed by atoms with Crippen LogP contribution >= 0.6 is 0 Å². The highest BCUT2D eigenvalue weighted by molar-refractivity contribution is 5.78. The molecule has 0 unspecified atom stereocenters. The average Bonchev–Trinajstić information content (AvgIpc) is 2.25. The van der Waals surface area contributed by atoms with Gasteiger partial charge in [0.1, 0.15) is 0 Å². The first kappa shape index (κ1) is 13.8. The first-order valence-electron chi connectivity index (χ1n) is 6.38. The molecule has 0 aliphatic carbocycles. The van der Waals surface area contributed by atoms with Crippen molar-refractivity contribution in [3.05, 3.63) is 52.1 Å². The summed E-state index contributed by atoms with van der Waals surface area (Å²) in [6, 6.07) is 6.76. The van der Waals surface area contributed by atoms with Crippen LogP contribution in [0.3, 0.4) is 0 Å². The van der Waals surface area contributed by atoms with Gasteiger partial charge in [-0.3, -0.25) is 0 Å². The van der Waals surface area contributed by atoms with Gasteiger partial charge in [-0.2, -0.15) is 0 Å². The highest BCUT2D eigenvalue weighted by Gasteiger charge is 2.06. The number of aryl methyl sites for hydroxylation is 2. The van der Waals surface area contributed by atoms with Gasteiger partial charge in [0.2, 0.25) is 0 Å². The summed E-state index contributed by atoms with van der Waals surface area (Å²) in [4.78, 5) is 0. The van der Waals surface area contributed by atoms with Gasteiger partial charge in [-0.1, -0.05) is 47.9 Å². The van der Waals surface area contributed by atoms with Crippen LogP contribution in [-0.4, -0.2) is 0 Å². The largest absolute Gasteiger partial charge is 0.0758 e. The second-order valence-corrected chi connectivity index (χ2v) is 5.15. The van der Waals surface area contributed by atoms with Crippen molar-refractivity contribution in [1.29, 1.82) is 0 Å². The van der Waals surface area contributed by atoms with E-state index >= 15 is 0 Å². The Morgan fingerprint density at radius 2 is 1.76 bits per heavy atom. The van der Waals surface area contributed by atoms with Gasteiger partial charge < -0.3 is 0 Å². The smallest absolute Gasteiger partial charge is 0.0150 e. The second kappa shape index (κ2) is 5.86. The molecule has 92 valence electrons. The quantitative estimate of drug-likeness (QED) is 0.614. The van der Waals surface area contributed by atoms with Crippen LogP contribution < -0.4 is 0 Å². The number of hydrogen-bond donors (Lipinski definition) is 0. The van der Waals surface area contributed by atoms with E-state index in [1.807, 2.05) is 0 Å². The molecular formula is C17H24. The maximum Gasteiger partial charge on any atom is -0.0150 e. The van der Waals surface area contributed by atoms with E-state index in [1.54, 1.807) is 0 Å². The molecule has 0 aliphatic rings. The summed E-state index contributed by atoms with van der Waals surface area (Å²) in [6.45, 7) is 13.1. The van der Waals surface area contributed by atoms with E-state index in [9.17, 15) is 0 Å². The number of allylic oxidation sites excluding steroid dienone is 4. The van der Waals surface area contributed by atoms with Gasteiger partial charge >= 0.3 is 0 Å². The highest BCUT2D eigenvalue weighted by Crippen LogP contribution is 2.26. The van der Waals surface area contributed by atoms with Crippen molar-refractivity contribution in [3.63, 3.8) is 0 Å². The van der Waals surface area contributed by atoms with Crippen LogP contribution in [0.4, 0.5) is 0 Å². The molecule has 0 amide bonds. The van der Waals surface area contributed by atoms with Crippen molar-refractivity contribution in [2.24, 2.45) is 0 Å². The third-order valence-electron chi connectivity index (χ3n) is 2.91. The highest BCUT2D eigenvalue weighted by atomic mass is 14.1. The lowest BCUT2D eigenvalue weighted by molar-refractivity contribution is 1.12. The number of rotatable bonds is 3. The molecule has 0 fully saturated rings. The van der Waals surface area contributed by atoms with Crippen LogP contribution in [0.1, 0.15) is 51.3 Å². The van der Waals surface area contributed by atoms with E-state index in [0.29, 0.717) is 0 Å². The van der Waals surface area contributed by atoms with Gasteiger partial charge in [-0.25, -0.2) is 0 Å². The topological polar surface area (TPSA) is 0 Å². The lowest BCUT2D eigenvalue weighted by atomic mass is 9.92. The summed E-state index contributed by atoms with van der Waals surface area (Å²) in [7, 11) is 0. The molecule has 0 saturated carbocycles. The Morgan fingerprint density at radius 3 is 2.24 bits per heavy atom. The van der Waals surface area contributed by atoms with Gasteiger partial charge in [0.05, 0.1) is 0 Å². The van der Waals surface area contributed by atoms with Crippen molar-refractivity contribution >= 4 is 5.57 Å². The van der Waals surface area contributed by atoms with Crippen LogP contribution in [0.25, 0.3) is 5.57 Å². The third kappa shape index (κ3) is 3.59. The Balaban J connectivity index is 3.43. The summed E-state index contributed by atoms with van der Waals surface area (Å²) in [6.07, 6.45) is 3.38. The molecule has 0 spiro atoms. The summed E-state index contributed by atoms with van der Waals surface area (Å²) in [5.74, 6) is 0. The van der Waals surface area contributed by atoms with E-state index in [4.69, 9.17) is 0 Å². The van der Waals surface area contributed by atoms with Crippen molar-refractivity contribution in [2.75, 3.05) is 0 Å². The maximum atomic E-state index is 2.31. The SMILES string of the molecule is CCc1ccc(C)cc1C(C=C(C)C)=C(C)C. The Morgan fingerprint density at radius 1 is 1.12 bits per heavy atom. The van der Waals surface area contributed by atoms with Crippen molar-refractivity contribution < 1.29 is 0 Å². The number of benzene rings is 1. The van der Waals surface area contributed by atoms with E-state index in [0.717, 1.165) is 6.42 Å². The first-order chi connectivity index (χ1) is 7.95. The van der Waals surface area contributed by atoms with Gasteiger partial charge in [0, 0.05) is 0 Å². The molecular weight excluding hydrogens is 204 g/mol. The van der Waals surface area contributed by atoms with Crippen molar-refractivity contribution in [2.45, 2.75) is 48.0 Å². The minimum absolute atomic E-state index is 1.09. The molecule has 0 nitrogen and oxygen atoms in total. The fraction of sp³-hybridized carbons (Fsp3) is 0.412. The summed E-state index contributed by atoms with van der Waals surface area (Å²) < 4.78 is 0.